The summed E-state index contributed by atoms with van der Waals surface area (Å²) in [5.41, 5.74) is 3.19. The molecule has 0 atom stereocenters. The molecule has 0 fully saturated rings. The minimum absolute atomic E-state index is 0.360. The van der Waals surface area contributed by atoms with Crippen molar-refractivity contribution >= 4 is 0 Å². The van der Waals surface area contributed by atoms with Crippen molar-refractivity contribution in [3.05, 3.63) is 52.9 Å². The summed E-state index contributed by atoms with van der Waals surface area (Å²) in [6.45, 7) is 6.86. The lowest BCUT2D eigenvalue weighted by Crippen LogP contribution is -2.03. The fourth-order valence-electron chi connectivity index (χ4n) is 2.22. The summed E-state index contributed by atoms with van der Waals surface area (Å²) in [6.07, 6.45) is 0. The summed E-state index contributed by atoms with van der Waals surface area (Å²) < 4.78 is 34.0. The van der Waals surface area contributed by atoms with E-state index in [2.05, 4.69) is 0 Å². The highest BCUT2D eigenvalue weighted by molar-refractivity contribution is 5.42. The van der Waals surface area contributed by atoms with Crippen LogP contribution in [-0.2, 0) is 11.3 Å². The van der Waals surface area contributed by atoms with Gasteiger partial charge in [0.1, 0.15) is 11.6 Å². The van der Waals surface area contributed by atoms with Gasteiger partial charge in [0.15, 0.2) is 0 Å². The Kier molecular flexibility index (Phi) is 4.00. The molecule has 0 aliphatic rings. The van der Waals surface area contributed by atoms with Crippen molar-refractivity contribution in [3.8, 4) is 5.69 Å². The molecule has 0 spiro atoms. The second kappa shape index (κ2) is 5.53. The van der Waals surface area contributed by atoms with Crippen LogP contribution in [0.3, 0.4) is 0 Å². The van der Waals surface area contributed by atoms with E-state index in [-0.39, 0.29) is 0 Å². The standard InChI is InChI=1S/C15H17F2NO/c1-4-19-9-12-7-10(2)18(11(12)3)15-6-5-13(16)8-14(15)17/h5-8H,4,9H2,1-3H3. The molecule has 2 aromatic rings. The molecule has 1 aromatic carbocycles. The molecule has 2 nitrogen and oxygen atoms in total. The number of halogens is 2. The average molecular weight is 265 g/mol. The van der Waals surface area contributed by atoms with Gasteiger partial charge in [-0.15, -0.1) is 0 Å². The van der Waals surface area contributed by atoms with Gasteiger partial charge >= 0.3 is 0 Å². The lowest BCUT2D eigenvalue weighted by atomic mass is 10.2. The van der Waals surface area contributed by atoms with Crippen molar-refractivity contribution in [2.75, 3.05) is 6.61 Å². The number of rotatable bonds is 4. The van der Waals surface area contributed by atoms with Crippen molar-refractivity contribution in [2.24, 2.45) is 0 Å². The molecule has 0 bridgehead atoms. The Balaban J connectivity index is 2.47. The predicted molar refractivity (Wildman–Crippen MR) is 70.5 cm³/mol. The van der Waals surface area contributed by atoms with Crippen LogP contribution >= 0.6 is 0 Å². The minimum atomic E-state index is -0.571. The summed E-state index contributed by atoms with van der Waals surface area (Å²) in [5.74, 6) is -1.14. The second-order valence-electron chi connectivity index (χ2n) is 4.46. The van der Waals surface area contributed by atoms with E-state index in [4.69, 9.17) is 4.74 Å². The molecule has 2 rings (SSSR count). The van der Waals surface area contributed by atoms with Gasteiger partial charge in [0, 0.05) is 24.1 Å². The number of hydrogen-bond acceptors (Lipinski definition) is 1. The summed E-state index contributed by atoms with van der Waals surface area (Å²) in [5, 5.41) is 0. The van der Waals surface area contributed by atoms with E-state index >= 15 is 0 Å². The molecule has 0 saturated heterocycles. The van der Waals surface area contributed by atoms with E-state index in [0.29, 0.717) is 18.9 Å². The third kappa shape index (κ3) is 2.68. The maximum absolute atomic E-state index is 13.9. The summed E-state index contributed by atoms with van der Waals surface area (Å²) in [6, 6.07) is 5.58. The second-order valence-corrected chi connectivity index (χ2v) is 4.46. The van der Waals surface area contributed by atoms with Crippen molar-refractivity contribution < 1.29 is 13.5 Å². The van der Waals surface area contributed by atoms with Gasteiger partial charge in [-0.1, -0.05) is 0 Å². The Labute approximate surface area is 111 Å². The first-order chi connectivity index (χ1) is 9.04. The van der Waals surface area contributed by atoms with E-state index in [9.17, 15) is 8.78 Å². The molecule has 0 amide bonds. The van der Waals surface area contributed by atoms with Gasteiger partial charge in [-0.3, -0.25) is 0 Å². The van der Waals surface area contributed by atoms with Crippen LogP contribution < -0.4 is 0 Å². The number of ether oxygens (including phenoxy) is 1. The quantitative estimate of drug-likeness (QED) is 0.817. The fourth-order valence-corrected chi connectivity index (χ4v) is 2.22. The first-order valence-corrected chi connectivity index (χ1v) is 6.25. The van der Waals surface area contributed by atoms with Gasteiger partial charge < -0.3 is 9.30 Å². The fraction of sp³-hybridized carbons (Fsp3) is 0.333. The van der Waals surface area contributed by atoms with Crippen molar-refractivity contribution in [3.63, 3.8) is 0 Å². The highest BCUT2D eigenvalue weighted by atomic mass is 19.1. The third-order valence-corrected chi connectivity index (χ3v) is 3.15. The first-order valence-electron chi connectivity index (χ1n) is 6.25. The van der Waals surface area contributed by atoms with Gasteiger partial charge in [-0.25, -0.2) is 8.78 Å². The number of aromatic nitrogens is 1. The maximum Gasteiger partial charge on any atom is 0.150 e. The average Bonchev–Trinajstić information content (AvgIpc) is 2.63. The molecule has 0 saturated carbocycles. The molecule has 0 N–H and O–H groups in total. The Hall–Kier alpha value is -1.68. The van der Waals surface area contributed by atoms with Crippen LogP contribution in [0, 0.1) is 25.5 Å². The Morgan fingerprint density at radius 1 is 1.16 bits per heavy atom. The number of benzene rings is 1. The van der Waals surface area contributed by atoms with Gasteiger partial charge in [-0.2, -0.15) is 0 Å². The van der Waals surface area contributed by atoms with Crippen LogP contribution in [0.4, 0.5) is 8.78 Å². The minimum Gasteiger partial charge on any atom is -0.377 e. The Morgan fingerprint density at radius 2 is 1.89 bits per heavy atom. The van der Waals surface area contributed by atoms with E-state index in [1.165, 1.54) is 12.1 Å². The molecule has 1 heterocycles. The van der Waals surface area contributed by atoms with E-state index in [1.54, 1.807) is 4.57 Å². The highest BCUT2D eigenvalue weighted by Gasteiger charge is 2.14. The zero-order valence-corrected chi connectivity index (χ0v) is 11.3. The SMILES string of the molecule is CCOCc1cc(C)n(-c2ccc(F)cc2F)c1C. The first kappa shape index (κ1) is 13.7. The molecule has 0 unspecified atom stereocenters. The molecule has 1 aromatic heterocycles. The summed E-state index contributed by atoms with van der Waals surface area (Å²) in [7, 11) is 0. The van der Waals surface area contributed by atoms with Crippen LogP contribution in [0.25, 0.3) is 5.69 Å². The smallest absolute Gasteiger partial charge is 0.150 e. The molecular formula is C15H17F2NO. The Bertz CT molecular complexity index is 590. The normalized spacial score (nSPS) is 11.0. The molecule has 102 valence electrons. The third-order valence-electron chi connectivity index (χ3n) is 3.15. The number of hydrogen-bond donors (Lipinski definition) is 0. The predicted octanol–water partition coefficient (Wildman–Crippen LogP) is 3.91. The molecule has 0 radical (unpaired) electrons. The van der Waals surface area contributed by atoms with Crippen LogP contribution in [0.2, 0.25) is 0 Å². The zero-order valence-electron chi connectivity index (χ0n) is 11.3. The van der Waals surface area contributed by atoms with Crippen LogP contribution in [0.15, 0.2) is 24.3 Å². The van der Waals surface area contributed by atoms with Gasteiger partial charge in [0.2, 0.25) is 0 Å². The lowest BCUT2D eigenvalue weighted by Gasteiger charge is -2.11. The highest BCUT2D eigenvalue weighted by Crippen LogP contribution is 2.23. The van der Waals surface area contributed by atoms with Crippen molar-refractivity contribution in [2.45, 2.75) is 27.4 Å². The molecule has 19 heavy (non-hydrogen) atoms. The van der Waals surface area contributed by atoms with Crippen molar-refractivity contribution in [1.29, 1.82) is 0 Å². The monoisotopic (exact) mass is 265 g/mol. The summed E-state index contributed by atoms with van der Waals surface area (Å²) >= 11 is 0. The van der Waals surface area contributed by atoms with Crippen LogP contribution in [0.5, 0.6) is 0 Å². The molecular weight excluding hydrogens is 248 g/mol. The number of nitrogens with zero attached hydrogens (tertiary/aromatic N) is 1. The maximum atomic E-state index is 13.9. The van der Waals surface area contributed by atoms with Gasteiger partial charge in [-0.05, 0) is 44.5 Å². The van der Waals surface area contributed by atoms with Crippen LogP contribution in [0.1, 0.15) is 23.9 Å². The lowest BCUT2D eigenvalue weighted by molar-refractivity contribution is 0.133. The Morgan fingerprint density at radius 3 is 2.53 bits per heavy atom. The molecule has 0 aliphatic heterocycles. The van der Waals surface area contributed by atoms with Gasteiger partial charge in [0.25, 0.3) is 0 Å². The van der Waals surface area contributed by atoms with E-state index in [1.807, 2.05) is 26.8 Å². The summed E-state index contributed by atoms with van der Waals surface area (Å²) in [4.78, 5) is 0. The number of aryl methyl sites for hydroxylation is 1. The topological polar surface area (TPSA) is 14.2 Å². The van der Waals surface area contributed by atoms with E-state index < -0.39 is 11.6 Å². The van der Waals surface area contributed by atoms with Crippen molar-refractivity contribution in [1.82, 2.24) is 4.57 Å². The van der Waals surface area contributed by atoms with Crippen LogP contribution in [-0.4, -0.2) is 11.2 Å². The van der Waals surface area contributed by atoms with E-state index in [0.717, 1.165) is 23.0 Å². The van der Waals surface area contributed by atoms with Gasteiger partial charge in [0.05, 0.1) is 12.3 Å². The molecule has 4 heteroatoms. The molecule has 0 aliphatic carbocycles. The largest absolute Gasteiger partial charge is 0.377 e. The zero-order chi connectivity index (χ0) is 14.0.